The van der Waals surface area contributed by atoms with Crippen molar-refractivity contribution in [1.82, 2.24) is 4.72 Å². The number of sulfonamides is 1. The Morgan fingerprint density at radius 2 is 1.94 bits per heavy atom. The maximum absolute atomic E-state index is 11.8. The largest absolute Gasteiger partial charge is 0.395 e. The number of halogens is 2. The lowest BCUT2D eigenvalue weighted by Gasteiger charge is -2.09. The van der Waals surface area contributed by atoms with Crippen LogP contribution in [0.3, 0.4) is 0 Å². The molecule has 1 rings (SSSR count). The summed E-state index contributed by atoms with van der Waals surface area (Å²) in [6.45, 7) is 1.64. The fourth-order valence-corrected chi connectivity index (χ4v) is 3.79. The first-order valence-corrected chi connectivity index (χ1v) is 7.51. The molecule has 2 N–H and O–H groups in total. The van der Waals surface area contributed by atoms with Gasteiger partial charge in [0.25, 0.3) is 0 Å². The van der Waals surface area contributed by atoms with Crippen LogP contribution in [-0.4, -0.2) is 26.7 Å². The second-order valence-electron chi connectivity index (χ2n) is 3.15. The molecule has 0 heterocycles. The third kappa shape index (κ3) is 3.27. The van der Waals surface area contributed by atoms with Crippen LogP contribution in [0.5, 0.6) is 0 Å². The Morgan fingerprint density at radius 1 is 1.31 bits per heavy atom. The number of hydrogen-bond donors (Lipinski definition) is 2. The van der Waals surface area contributed by atoms with Crippen molar-refractivity contribution in [3.63, 3.8) is 0 Å². The smallest absolute Gasteiger partial charge is 0.241 e. The zero-order valence-electron chi connectivity index (χ0n) is 8.50. The van der Waals surface area contributed by atoms with Gasteiger partial charge in [0, 0.05) is 15.5 Å². The maximum Gasteiger partial charge on any atom is 0.241 e. The molecule has 0 unspecified atom stereocenters. The number of aliphatic hydroxyl groups excluding tert-OH is 1. The van der Waals surface area contributed by atoms with E-state index in [1.165, 1.54) is 6.07 Å². The molecule has 0 radical (unpaired) electrons. The first-order valence-electron chi connectivity index (χ1n) is 4.44. The molecule has 4 nitrogen and oxygen atoms in total. The highest BCUT2D eigenvalue weighted by atomic mass is 79.9. The number of aryl methyl sites for hydroxylation is 1. The fraction of sp³-hybridized carbons (Fsp3) is 0.333. The van der Waals surface area contributed by atoms with Crippen molar-refractivity contribution in [3.05, 3.63) is 26.6 Å². The lowest BCUT2D eigenvalue weighted by atomic mass is 10.2. The number of rotatable bonds is 4. The molecule has 0 bridgehead atoms. The van der Waals surface area contributed by atoms with Crippen molar-refractivity contribution in [2.45, 2.75) is 11.8 Å². The van der Waals surface area contributed by atoms with Gasteiger partial charge < -0.3 is 5.11 Å². The summed E-state index contributed by atoms with van der Waals surface area (Å²) >= 11 is 6.48. The number of benzene rings is 1. The molecule has 90 valence electrons. The van der Waals surface area contributed by atoms with Gasteiger partial charge in [0.1, 0.15) is 0 Å². The Hall–Kier alpha value is 0.0500. The van der Waals surface area contributed by atoms with Crippen LogP contribution in [0, 0.1) is 6.92 Å². The van der Waals surface area contributed by atoms with Crippen molar-refractivity contribution in [3.8, 4) is 0 Å². The fourth-order valence-electron chi connectivity index (χ4n) is 1.09. The van der Waals surface area contributed by atoms with E-state index in [1.807, 2.05) is 6.92 Å². The molecule has 0 saturated carbocycles. The van der Waals surface area contributed by atoms with E-state index in [0.29, 0.717) is 4.47 Å². The van der Waals surface area contributed by atoms with Gasteiger partial charge in [-0.2, -0.15) is 0 Å². The van der Waals surface area contributed by atoms with Gasteiger partial charge in [-0.15, -0.1) is 0 Å². The molecule has 0 atom stereocenters. The summed E-state index contributed by atoms with van der Waals surface area (Å²) in [6.07, 6.45) is 0. The summed E-state index contributed by atoms with van der Waals surface area (Å²) in [6, 6.07) is 3.25. The van der Waals surface area contributed by atoms with E-state index < -0.39 is 10.0 Å². The Bertz CT molecular complexity index is 488. The van der Waals surface area contributed by atoms with Gasteiger partial charge >= 0.3 is 0 Å². The summed E-state index contributed by atoms with van der Waals surface area (Å²) < 4.78 is 27.1. The number of hydrogen-bond acceptors (Lipinski definition) is 3. The predicted molar refractivity (Wildman–Crippen MR) is 68.9 cm³/mol. The average Bonchev–Trinajstić information content (AvgIpc) is 2.20. The van der Waals surface area contributed by atoms with Gasteiger partial charge in [-0.1, -0.05) is 15.9 Å². The highest BCUT2D eigenvalue weighted by Gasteiger charge is 2.18. The molecule has 7 heteroatoms. The topological polar surface area (TPSA) is 66.4 Å². The summed E-state index contributed by atoms with van der Waals surface area (Å²) in [7, 11) is -3.58. The molecule has 16 heavy (non-hydrogen) atoms. The first kappa shape index (κ1) is 14.1. The predicted octanol–water partition coefficient (Wildman–Crippen LogP) is 1.79. The van der Waals surface area contributed by atoms with Gasteiger partial charge in [-0.25, -0.2) is 13.1 Å². The molecule has 0 saturated heterocycles. The number of aliphatic hydroxyl groups is 1. The standard InChI is InChI=1S/C9H11Br2NO3S/c1-6-4-8(11)9(5-7(6)10)16(14,15)12-2-3-13/h4-5,12-13H,2-3H2,1H3. The van der Waals surface area contributed by atoms with Gasteiger partial charge in [0.15, 0.2) is 0 Å². The van der Waals surface area contributed by atoms with Gasteiger partial charge in [-0.05, 0) is 40.5 Å². The zero-order valence-corrected chi connectivity index (χ0v) is 12.5. The van der Waals surface area contributed by atoms with Gasteiger partial charge in [0.2, 0.25) is 10.0 Å². The van der Waals surface area contributed by atoms with Crippen LogP contribution < -0.4 is 4.72 Å². The molecule has 0 amide bonds. The van der Waals surface area contributed by atoms with Crippen LogP contribution in [0.4, 0.5) is 0 Å². The molecule has 0 spiro atoms. The van der Waals surface area contributed by atoms with E-state index in [2.05, 4.69) is 36.6 Å². The van der Waals surface area contributed by atoms with E-state index in [9.17, 15) is 8.42 Å². The molecule has 0 aliphatic carbocycles. The second-order valence-corrected chi connectivity index (χ2v) is 6.60. The molecule has 0 fully saturated rings. The average molecular weight is 373 g/mol. The highest BCUT2D eigenvalue weighted by Crippen LogP contribution is 2.28. The minimum atomic E-state index is -3.58. The Labute approximate surface area is 111 Å². The molecular formula is C9H11Br2NO3S. The second kappa shape index (κ2) is 5.59. The van der Waals surface area contributed by atoms with E-state index >= 15 is 0 Å². The van der Waals surface area contributed by atoms with Gasteiger partial charge in [0.05, 0.1) is 11.5 Å². The Balaban J connectivity index is 3.18. The highest BCUT2D eigenvalue weighted by molar-refractivity contribution is 9.11. The Kier molecular flexibility index (Phi) is 4.93. The quantitative estimate of drug-likeness (QED) is 0.846. The summed E-state index contributed by atoms with van der Waals surface area (Å²) in [5.41, 5.74) is 0.938. The van der Waals surface area contributed by atoms with Crippen LogP contribution in [0.1, 0.15) is 5.56 Å². The number of nitrogens with one attached hydrogen (secondary N) is 1. The molecule has 1 aromatic rings. The van der Waals surface area contributed by atoms with Crippen LogP contribution in [0.2, 0.25) is 0 Å². The van der Waals surface area contributed by atoms with Crippen LogP contribution >= 0.6 is 31.9 Å². The SMILES string of the molecule is Cc1cc(Br)c(S(=O)(=O)NCCO)cc1Br. The summed E-state index contributed by atoms with van der Waals surface area (Å²) in [4.78, 5) is 0.151. The van der Waals surface area contributed by atoms with E-state index in [-0.39, 0.29) is 18.0 Å². The molecule has 1 aromatic carbocycles. The lowest BCUT2D eigenvalue weighted by Crippen LogP contribution is -2.27. The Morgan fingerprint density at radius 3 is 2.50 bits per heavy atom. The van der Waals surface area contributed by atoms with Crippen molar-refractivity contribution in [2.75, 3.05) is 13.2 Å². The van der Waals surface area contributed by atoms with E-state index in [1.54, 1.807) is 6.07 Å². The summed E-state index contributed by atoms with van der Waals surface area (Å²) in [5.74, 6) is 0. The minimum Gasteiger partial charge on any atom is -0.395 e. The molecule has 0 aliphatic heterocycles. The zero-order chi connectivity index (χ0) is 12.3. The first-order chi connectivity index (χ1) is 7.38. The van der Waals surface area contributed by atoms with Crippen molar-refractivity contribution in [1.29, 1.82) is 0 Å². The van der Waals surface area contributed by atoms with Crippen LogP contribution in [0.25, 0.3) is 0 Å². The minimum absolute atomic E-state index is 0.000267. The third-order valence-corrected chi connectivity index (χ3v) is 5.18. The molecule has 0 aromatic heterocycles. The van der Waals surface area contributed by atoms with E-state index in [0.717, 1.165) is 10.0 Å². The van der Waals surface area contributed by atoms with Crippen molar-refractivity contribution >= 4 is 41.9 Å². The maximum atomic E-state index is 11.8. The molecular weight excluding hydrogens is 362 g/mol. The van der Waals surface area contributed by atoms with Crippen molar-refractivity contribution in [2.24, 2.45) is 0 Å². The normalized spacial score (nSPS) is 11.8. The third-order valence-electron chi connectivity index (χ3n) is 1.91. The molecule has 0 aliphatic rings. The van der Waals surface area contributed by atoms with Crippen LogP contribution in [-0.2, 0) is 10.0 Å². The van der Waals surface area contributed by atoms with Gasteiger partial charge in [-0.3, -0.25) is 0 Å². The van der Waals surface area contributed by atoms with Crippen molar-refractivity contribution < 1.29 is 13.5 Å². The lowest BCUT2D eigenvalue weighted by molar-refractivity contribution is 0.301. The van der Waals surface area contributed by atoms with Crippen LogP contribution in [0.15, 0.2) is 26.0 Å². The summed E-state index contributed by atoms with van der Waals surface area (Å²) in [5, 5.41) is 8.60. The monoisotopic (exact) mass is 371 g/mol. The van der Waals surface area contributed by atoms with E-state index in [4.69, 9.17) is 5.11 Å².